The monoisotopic (exact) mass is 771 g/mol. The summed E-state index contributed by atoms with van der Waals surface area (Å²) < 4.78 is 17.8. The molecule has 3 N–H and O–H groups in total. The molecule has 0 atom stereocenters. The van der Waals surface area contributed by atoms with E-state index < -0.39 is 35.0 Å². The van der Waals surface area contributed by atoms with Crippen molar-refractivity contribution >= 4 is 52.3 Å². The number of nitrogens with one attached hydrogen (secondary N) is 1. The summed E-state index contributed by atoms with van der Waals surface area (Å²) in [7, 11) is 0. The van der Waals surface area contributed by atoms with E-state index in [1.54, 1.807) is 42.5 Å². The van der Waals surface area contributed by atoms with Crippen LogP contribution < -0.4 is 19.9 Å². The first-order valence-electron chi connectivity index (χ1n) is 18.5. The van der Waals surface area contributed by atoms with E-state index in [0.717, 1.165) is 25.7 Å². The van der Waals surface area contributed by atoms with Crippen LogP contribution in [0.2, 0.25) is 0 Å². The fourth-order valence-corrected chi connectivity index (χ4v) is 7.95. The number of nitrogens with zero attached hydrogens (tertiary/aromatic N) is 4. The van der Waals surface area contributed by atoms with Gasteiger partial charge in [-0.25, -0.2) is 0 Å². The molecule has 55 heavy (non-hydrogen) atoms. The summed E-state index contributed by atoms with van der Waals surface area (Å²) in [6, 6.07) is 15.5. The van der Waals surface area contributed by atoms with E-state index >= 15 is 0 Å². The number of ketones is 1. The highest BCUT2D eigenvalue weighted by atomic mass is 35.5. The second kappa shape index (κ2) is 16.2. The van der Waals surface area contributed by atoms with Crippen molar-refractivity contribution in [2.45, 2.75) is 31.1 Å². The predicted molar refractivity (Wildman–Crippen MR) is 202 cm³/mol. The highest BCUT2D eigenvalue weighted by Gasteiger charge is 2.62. The van der Waals surface area contributed by atoms with Crippen LogP contribution in [-0.4, -0.2) is 109 Å². The molecule has 15 heteroatoms. The Hall–Kier alpha value is -5.27. The molecule has 7 rings (SSSR count). The lowest BCUT2D eigenvalue weighted by Gasteiger charge is -2.41. The summed E-state index contributed by atoms with van der Waals surface area (Å²) in [6.07, 6.45) is 4.14. The van der Waals surface area contributed by atoms with Crippen LogP contribution in [0.25, 0.3) is 5.53 Å². The average molecular weight is 772 g/mol. The van der Waals surface area contributed by atoms with Gasteiger partial charge in [-0.15, -0.1) is 11.6 Å². The number of hydrogen-bond donors (Lipinski definition) is 3. The number of carboxylic acid groups (broad SMARTS) is 2. The minimum atomic E-state index is -1.48. The van der Waals surface area contributed by atoms with Gasteiger partial charge in [-0.05, 0) is 48.7 Å². The molecule has 0 aromatic heterocycles. The van der Waals surface area contributed by atoms with E-state index in [-0.39, 0.29) is 35.9 Å². The third-order valence-corrected chi connectivity index (χ3v) is 11.1. The van der Waals surface area contributed by atoms with Gasteiger partial charge >= 0.3 is 17.7 Å². The molecule has 2 fully saturated rings. The van der Waals surface area contributed by atoms with Gasteiger partial charge in [0.15, 0.2) is 5.41 Å². The summed E-state index contributed by atoms with van der Waals surface area (Å²) in [5.41, 5.74) is 12.3. The predicted octanol–water partition coefficient (Wildman–Crippen LogP) is 4.60. The van der Waals surface area contributed by atoms with Gasteiger partial charge in [-0.3, -0.25) is 19.2 Å². The molecule has 288 valence electrons. The smallest absolute Gasteiger partial charge is 0.358 e. The summed E-state index contributed by atoms with van der Waals surface area (Å²) in [5.74, 6) is -2.24. The van der Waals surface area contributed by atoms with Crippen LogP contribution in [0.15, 0.2) is 54.6 Å². The van der Waals surface area contributed by atoms with Crippen LogP contribution >= 0.6 is 11.6 Å². The molecule has 3 aliphatic heterocycles. The second-order valence-electron chi connectivity index (χ2n) is 14.2. The number of anilines is 2. The molecular formula is C40H42ClN5O9. The quantitative estimate of drug-likeness (QED) is 0.0753. The molecule has 0 unspecified atom stereocenters. The maximum Gasteiger partial charge on any atom is 0.358 e. The zero-order valence-corrected chi connectivity index (χ0v) is 30.9. The van der Waals surface area contributed by atoms with Crippen molar-refractivity contribution in [2.75, 3.05) is 74.8 Å². The van der Waals surface area contributed by atoms with E-state index in [1.807, 2.05) is 21.9 Å². The fourth-order valence-electron chi connectivity index (χ4n) is 7.76. The largest absolute Gasteiger partial charge is 0.481 e. The molecule has 1 aliphatic carbocycles. The maximum atomic E-state index is 14.1. The Morgan fingerprint density at radius 3 is 1.95 bits per heavy atom. The maximum absolute atomic E-state index is 14.1. The van der Waals surface area contributed by atoms with Gasteiger partial charge in [-0.1, -0.05) is 25.0 Å². The first-order valence-corrected chi connectivity index (χ1v) is 19.0. The zero-order chi connectivity index (χ0) is 38.7. The summed E-state index contributed by atoms with van der Waals surface area (Å²) in [6.45, 7) is 3.29. The first kappa shape index (κ1) is 38.0. The van der Waals surface area contributed by atoms with Gasteiger partial charge in [0, 0.05) is 91.0 Å². The highest BCUT2D eigenvalue weighted by molar-refractivity contribution is 6.52. The Bertz CT molecular complexity index is 1980. The molecule has 14 nitrogen and oxygen atoms in total. The lowest BCUT2D eigenvalue weighted by Crippen LogP contribution is -2.50. The fraction of sp³-hybridized carbons (Fsp3) is 0.425. The first-order chi connectivity index (χ1) is 26.7. The Labute approximate surface area is 322 Å². The van der Waals surface area contributed by atoms with Gasteiger partial charge in [0.25, 0.3) is 11.7 Å². The Kier molecular flexibility index (Phi) is 11.2. The topological polar surface area (TPSA) is 191 Å². The minimum Gasteiger partial charge on any atom is -0.481 e. The number of carbonyl (C=O) groups is 4. The van der Waals surface area contributed by atoms with Crippen LogP contribution in [0.4, 0.5) is 11.4 Å². The summed E-state index contributed by atoms with van der Waals surface area (Å²) >= 11 is 5.71. The average Bonchev–Trinajstić information content (AvgIpc) is 3.37. The number of aliphatic carboxylic acids is 2. The standard InChI is InChI=1S/C40H42ClN5O9/c41-11-3-1-2-4-13-53-15-16-54-14-12-43-37(48)24-5-8-29-32(17-24)40(36(44-42)35(29)47)30-9-6-27(45-20-25(21-45)38(49)50)18-33(30)55-34-19-28(7-10-31(34)40)46-22-26(23-46)39(51)52/h5-10,17-19,25-26H,1-4,11-16,20-23H2,(H,43,48)(H,49,50)(H,51,52). The van der Waals surface area contributed by atoms with Crippen LogP contribution in [0, 0.1) is 11.8 Å². The number of rotatable bonds is 17. The molecule has 3 aromatic carbocycles. The van der Waals surface area contributed by atoms with E-state index in [4.69, 9.17) is 25.8 Å². The second-order valence-corrected chi connectivity index (χ2v) is 14.6. The molecule has 4 aliphatic rings. The normalized spacial score (nSPS) is 16.7. The SMILES string of the molecule is [N-]=[N+]=C1C(=O)c2ccc(C(=O)NCCOCCOCCCCCCCl)cc2C12c1ccc(N3CC(C(=O)O)C3)cc1Oc1cc(N3CC(C(=O)O)C3)ccc12. The van der Waals surface area contributed by atoms with Crippen LogP contribution in [-0.2, 0) is 24.5 Å². The van der Waals surface area contributed by atoms with E-state index in [9.17, 15) is 34.9 Å². The molecule has 0 bridgehead atoms. The van der Waals surface area contributed by atoms with Crippen LogP contribution in [0.3, 0.4) is 0 Å². The van der Waals surface area contributed by atoms with Crippen molar-refractivity contribution < 1.29 is 48.4 Å². The van der Waals surface area contributed by atoms with Crippen molar-refractivity contribution in [1.82, 2.24) is 5.32 Å². The minimum absolute atomic E-state index is 0.165. The van der Waals surface area contributed by atoms with Gasteiger partial charge < -0.3 is 45.1 Å². The van der Waals surface area contributed by atoms with Gasteiger partial charge in [0.05, 0.1) is 31.7 Å². The number of amides is 1. The summed E-state index contributed by atoms with van der Waals surface area (Å²) in [4.78, 5) is 58.1. The van der Waals surface area contributed by atoms with Gasteiger partial charge in [0.1, 0.15) is 11.5 Å². The number of Topliss-reactive ketones (excluding diaryl/α,β-unsaturated/α-hetero) is 1. The highest BCUT2D eigenvalue weighted by Crippen LogP contribution is 2.57. The lowest BCUT2D eigenvalue weighted by molar-refractivity contribution is -0.143. The number of benzene rings is 3. The van der Waals surface area contributed by atoms with Crippen molar-refractivity contribution in [2.24, 2.45) is 11.8 Å². The molecule has 3 heterocycles. The Morgan fingerprint density at radius 1 is 0.800 bits per heavy atom. The van der Waals surface area contributed by atoms with Crippen molar-refractivity contribution in [3.8, 4) is 11.5 Å². The Balaban J connectivity index is 1.15. The van der Waals surface area contributed by atoms with Crippen molar-refractivity contribution in [3.63, 3.8) is 0 Å². The number of unbranched alkanes of at least 4 members (excludes halogenated alkanes) is 3. The third kappa shape index (κ3) is 7.18. The van der Waals surface area contributed by atoms with E-state index in [0.29, 0.717) is 91.4 Å². The molecule has 1 spiro atoms. The number of ether oxygens (including phenoxy) is 3. The van der Waals surface area contributed by atoms with Gasteiger partial charge in [0.2, 0.25) is 0 Å². The van der Waals surface area contributed by atoms with Crippen LogP contribution in [0.1, 0.15) is 63.1 Å². The number of hydrogen-bond acceptors (Lipinski definition) is 9. The summed E-state index contributed by atoms with van der Waals surface area (Å²) in [5, 5.41) is 21.8. The number of carbonyl (C=O) groups excluding carboxylic acids is 2. The van der Waals surface area contributed by atoms with Crippen LogP contribution in [0.5, 0.6) is 11.5 Å². The third-order valence-electron chi connectivity index (χ3n) is 10.8. The number of fused-ring (bicyclic) bond motifs is 6. The lowest BCUT2D eigenvalue weighted by atomic mass is 9.67. The number of carboxylic acids is 2. The van der Waals surface area contributed by atoms with E-state index in [2.05, 4.69) is 10.1 Å². The molecule has 2 saturated heterocycles. The zero-order valence-electron chi connectivity index (χ0n) is 30.2. The number of halogens is 1. The van der Waals surface area contributed by atoms with E-state index in [1.165, 1.54) is 0 Å². The Morgan fingerprint density at radius 2 is 1.38 bits per heavy atom. The van der Waals surface area contributed by atoms with Gasteiger partial charge in [-0.2, -0.15) is 4.79 Å². The molecule has 0 saturated carbocycles. The molecule has 1 amide bonds. The number of alkyl halides is 1. The van der Waals surface area contributed by atoms with Crippen molar-refractivity contribution in [1.29, 1.82) is 0 Å². The molecule has 3 aromatic rings. The molecular weight excluding hydrogens is 730 g/mol. The molecule has 0 radical (unpaired) electrons. The van der Waals surface area contributed by atoms with Crippen molar-refractivity contribution in [3.05, 3.63) is 87.9 Å².